The van der Waals surface area contributed by atoms with E-state index in [2.05, 4.69) is 15.4 Å². The summed E-state index contributed by atoms with van der Waals surface area (Å²) < 4.78 is 23.0. The maximum absolute atomic E-state index is 12.9. The summed E-state index contributed by atoms with van der Waals surface area (Å²) in [5.41, 5.74) is 1.63. The van der Waals surface area contributed by atoms with Crippen molar-refractivity contribution >= 4 is 35.2 Å². The van der Waals surface area contributed by atoms with Crippen LogP contribution in [0.25, 0.3) is 6.08 Å². The van der Waals surface area contributed by atoms with Crippen LogP contribution in [0.4, 0.5) is 15.8 Å². The highest BCUT2D eigenvalue weighted by Gasteiger charge is 2.11. The summed E-state index contributed by atoms with van der Waals surface area (Å²) in [6.45, 7) is -0.257. The van der Waals surface area contributed by atoms with Crippen molar-refractivity contribution in [3.63, 3.8) is 0 Å². The van der Waals surface area contributed by atoms with Crippen LogP contribution in [0.3, 0.4) is 0 Å². The molecule has 0 spiro atoms. The lowest BCUT2D eigenvalue weighted by atomic mass is 10.1. The molecule has 9 heteroatoms. The van der Waals surface area contributed by atoms with E-state index in [1.165, 1.54) is 61.7 Å². The fourth-order valence-electron chi connectivity index (χ4n) is 2.86. The number of nitrogens with one attached hydrogen (secondary N) is 2. The zero-order chi connectivity index (χ0) is 25.2. The average Bonchev–Trinajstić information content (AvgIpc) is 2.88. The summed E-state index contributed by atoms with van der Waals surface area (Å²) in [4.78, 5) is 35.9. The number of hydrogen-bond acceptors (Lipinski definition) is 6. The molecular formula is C26H20FN3O5. The van der Waals surface area contributed by atoms with Gasteiger partial charge in [-0.3, -0.25) is 9.59 Å². The van der Waals surface area contributed by atoms with E-state index in [0.717, 1.165) is 0 Å². The largest absolute Gasteiger partial charge is 0.484 e. The van der Waals surface area contributed by atoms with Crippen LogP contribution in [0.2, 0.25) is 0 Å². The highest BCUT2D eigenvalue weighted by molar-refractivity contribution is 6.09. The molecule has 3 aromatic carbocycles. The molecule has 0 saturated heterocycles. The van der Waals surface area contributed by atoms with Gasteiger partial charge in [0, 0.05) is 11.4 Å². The minimum Gasteiger partial charge on any atom is -0.484 e. The summed E-state index contributed by atoms with van der Waals surface area (Å²) in [5.74, 6) is -1.52. The fraction of sp³-hybridized carbons (Fsp3) is 0.0769. The summed E-state index contributed by atoms with van der Waals surface area (Å²) in [6.07, 6.45) is 1.41. The van der Waals surface area contributed by atoms with E-state index in [-0.39, 0.29) is 12.2 Å². The molecule has 3 aromatic rings. The predicted molar refractivity (Wildman–Crippen MR) is 127 cm³/mol. The van der Waals surface area contributed by atoms with Crippen LogP contribution in [0.15, 0.2) is 78.4 Å². The van der Waals surface area contributed by atoms with Crippen LogP contribution in [0, 0.1) is 17.1 Å². The molecule has 176 valence electrons. The molecule has 0 aliphatic heterocycles. The zero-order valence-corrected chi connectivity index (χ0v) is 18.6. The lowest BCUT2D eigenvalue weighted by molar-refractivity contribution is -0.118. The van der Waals surface area contributed by atoms with E-state index in [9.17, 15) is 24.0 Å². The number of nitrogens with zero attached hydrogens (tertiary/aromatic N) is 1. The first-order chi connectivity index (χ1) is 16.9. The van der Waals surface area contributed by atoms with Gasteiger partial charge < -0.3 is 20.1 Å². The Hall–Kier alpha value is -4.97. The highest BCUT2D eigenvalue weighted by Crippen LogP contribution is 2.17. The van der Waals surface area contributed by atoms with E-state index in [4.69, 9.17) is 4.74 Å². The lowest BCUT2D eigenvalue weighted by Gasteiger charge is -2.08. The normalized spacial score (nSPS) is 10.6. The summed E-state index contributed by atoms with van der Waals surface area (Å²) in [5, 5.41) is 14.6. The number of nitriles is 1. The quantitative estimate of drug-likeness (QED) is 0.288. The number of carbonyl (C=O) groups is 3. The summed E-state index contributed by atoms with van der Waals surface area (Å²) >= 11 is 0. The number of rotatable bonds is 8. The Kier molecular flexibility index (Phi) is 8.29. The smallest absolute Gasteiger partial charge is 0.337 e. The van der Waals surface area contributed by atoms with Crippen molar-refractivity contribution in [3.05, 3.63) is 95.3 Å². The predicted octanol–water partition coefficient (Wildman–Crippen LogP) is 4.18. The molecule has 0 aliphatic rings. The van der Waals surface area contributed by atoms with Crippen molar-refractivity contribution in [2.75, 3.05) is 24.4 Å². The second-order valence-corrected chi connectivity index (χ2v) is 7.11. The van der Waals surface area contributed by atoms with Gasteiger partial charge in [0.1, 0.15) is 23.2 Å². The second kappa shape index (κ2) is 11.8. The molecule has 2 amide bonds. The number of hydrogen-bond donors (Lipinski definition) is 2. The van der Waals surface area contributed by atoms with E-state index >= 15 is 0 Å². The van der Waals surface area contributed by atoms with E-state index in [0.29, 0.717) is 28.3 Å². The number of anilines is 2. The standard InChI is InChI=1S/C26H20FN3O5/c1-34-26(33)18-4-8-22(9-5-18)30-25(32)19(15-28)14-17-2-12-23(13-3-17)35-16-24(31)29-21-10-6-20(27)7-11-21/h2-14H,16H2,1H3,(H,29,31)(H,30,32)/b19-14-. The molecule has 0 saturated carbocycles. The Balaban J connectivity index is 1.56. The summed E-state index contributed by atoms with van der Waals surface area (Å²) in [6, 6.07) is 19.7. The van der Waals surface area contributed by atoms with Gasteiger partial charge in [-0.2, -0.15) is 5.26 Å². The maximum Gasteiger partial charge on any atom is 0.337 e. The number of carbonyl (C=O) groups excluding carboxylic acids is 3. The Labute approximate surface area is 200 Å². The third kappa shape index (κ3) is 7.27. The van der Waals surface area contributed by atoms with Crippen LogP contribution in [0.5, 0.6) is 5.75 Å². The van der Waals surface area contributed by atoms with E-state index < -0.39 is 23.6 Å². The molecule has 35 heavy (non-hydrogen) atoms. The van der Waals surface area contributed by atoms with Crippen LogP contribution in [-0.2, 0) is 14.3 Å². The first-order valence-corrected chi connectivity index (χ1v) is 10.3. The molecule has 0 aliphatic carbocycles. The highest BCUT2D eigenvalue weighted by atomic mass is 19.1. The first-order valence-electron chi connectivity index (χ1n) is 10.3. The van der Waals surface area contributed by atoms with Crippen molar-refractivity contribution in [1.29, 1.82) is 5.26 Å². The van der Waals surface area contributed by atoms with Gasteiger partial charge in [0.05, 0.1) is 12.7 Å². The molecule has 8 nitrogen and oxygen atoms in total. The van der Waals surface area contributed by atoms with Gasteiger partial charge in [0.25, 0.3) is 11.8 Å². The van der Waals surface area contributed by atoms with Crippen LogP contribution in [-0.4, -0.2) is 31.5 Å². The molecule has 0 bridgehead atoms. The maximum atomic E-state index is 12.9. The number of esters is 1. The monoisotopic (exact) mass is 473 g/mol. The first kappa shape index (κ1) is 24.7. The van der Waals surface area contributed by atoms with Crippen LogP contribution < -0.4 is 15.4 Å². The number of methoxy groups -OCH3 is 1. The number of ether oxygens (including phenoxy) is 2. The van der Waals surface area contributed by atoms with Gasteiger partial charge >= 0.3 is 5.97 Å². The van der Waals surface area contributed by atoms with Crippen molar-refractivity contribution in [2.45, 2.75) is 0 Å². The van der Waals surface area contributed by atoms with Crippen LogP contribution in [0.1, 0.15) is 15.9 Å². The molecule has 2 N–H and O–H groups in total. The third-order valence-electron chi connectivity index (χ3n) is 4.62. The molecule has 0 unspecified atom stereocenters. The van der Waals surface area contributed by atoms with Crippen molar-refractivity contribution < 1.29 is 28.2 Å². The van der Waals surface area contributed by atoms with Gasteiger partial charge in [0.15, 0.2) is 6.61 Å². The molecular weight excluding hydrogens is 453 g/mol. The minimum atomic E-state index is -0.615. The Morgan fingerprint density at radius 1 is 0.914 bits per heavy atom. The van der Waals surface area contributed by atoms with Crippen molar-refractivity contribution in [1.82, 2.24) is 0 Å². The lowest BCUT2D eigenvalue weighted by Crippen LogP contribution is -2.20. The zero-order valence-electron chi connectivity index (χ0n) is 18.6. The SMILES string of the molecule is COC(=O)c1ccc(NC(=O)/C(C#N)=C\c2ccc(OCC(=O)Nc3ccc(F)cc3)cc2)cc1. The number of benzene rings is 3. The van der Waals surface area contributed by atoms with Gasteiger partial charge in [-0.25, -0.2) is 9.18 Å². The Morgan fingerprint density at radius 3 is 2.11 bits per heavy atom. The Morgan fingerprint density at radius 2 is 1.51 bits per heavy atom. The van der Waals surface area contributed by atoms with Gasteiger partial charge in [-0.1, -0.05) is 12.1 Å². The fourth-order valence-corrected chi connectivity index (χ4v) is 2.86. The van der Waals surface area contributed by atoms with Crippen molar-refractivity contribution in [2.24, 2.45) is 0 Å². The van der Waals surface area contributed by atoms with Gasteiger partial charge in [-0.05, 0) is 72.3 Å². The van der Waals surface area contributed by atoms with Crippen LogP contribution >= 0.6 is 0 Å². The summed E-state index contributed by atoms with van der Waals surface area (Å²) in [7, 11) is 1.27. The minimum absolute atomic E-state index is 0.130. The number of halogens is 1. The van der Waals surface area contributed by atoms with Gasteiger partial charge in [0.2, 0.25) is 0 Å². The van der Waals surface area contributed by atoms with E-state index in [1.807, 2.05) is 6.07 Å². The average molecular weight is 473 g/mol. The third-order valence-corrected chi connectivity index (χ3v) is 4.62. The van der Waals surface area contributed by atoms with Gasteiger partial charge in [-0.15, -0.1) is 0 Å². The second-order valence-electron chi connectivity index (χ2n) is 7.11. The molecule has 0 atom stereocenters. The van der Waals surface area contributed by atoms with Crippen molar-refractivity contribution in [3.8, 4) is 11.8 Å². The molecule has 0 radical (unpaired) electrons. The molecule has 3 rings (SSSR count). The number of amides is 2. The van der Waals surface area contributed by atoms with E-state index in [1.54, 1.807) is 24.3 Å². The Bertz CT molecular complexity index is 1280. The topological polar surface area (TPSA) is 118 Å². The molecule has 0 aromatic heterocycles. The molecule has 0 fully saturated rings. The molecule has 0 heterocycles.